The van der Waals surface area contributed by atoms with Gasteiger partial charge in [-0.15, -0.1) is 0 Å². The van der Waals surface area contributed by atoms with E-state index in [1.54, 1.807) is 0 Å². The van der Waals surface area contributed by atoms with E-state index in [1.807, 2.05) is 0 Å². The van der Waals surface area contributed by atoms with Gasteiger partial charge >= 0.3 is 5.97 Å². The van der Waals surface area contributed by atoms with Gasteiger partial charge in [-0.3, -0.25) is 0 Å². The zero-order valence-electron chi connectivity index (χ0n) is 27.6. The Hall–Kier alpha value is -0.573. The van der Waals surface area contributed by atoms with Crippen LogP contribution in [0.3, 0.4) is 0 Å². The maximum Gasteiger partial charge on any atom is 0.330 e. The van der Waals surface area contributed by atoms with Gasteiger partial charge in [0.15, 0.2) is 0 Å². The van der Waals surface area contributed by atoms with Crippen LogP contribution in [0, 0.1) is 73.9 Å². The third kappa shape index (κ3) is 2.94. The number of esters is 1. The van der Waals surface area contributed by atoms with Crippen LogP contribution in [0.2, 0.25) is 19.6 Å². The van der Waals surface area contributed by atoms with E-state index in [2.05, 4.69) is 88.5 Å². The molecule has 11 unspecified atom stereocenters. The fraction of sp³-hybridized carbons (Fsp3) is 0.917. The van der Waals surface area contributed by atoms with Crippen LogP contribution in [0.25, 0.3) is 0 Å². The van der Waals surface area contributed by atoms with Crippen LogP contribution < -0.4 is 0 Å². The average molecular weight is 553 g/mol. The van der Waals surface area contributed by atoms with E-state index in [1.165, 1.54) is 44.6 Å². The number of hydrogen-bond donors (Lipinski definition) is 0. The summed E-state index contributed by atoms with van der Waals surface area (Å²) in [5, 5.41) is -0.372. The minimum atomic E-state index is -2.01. The van der Waals surface area contributed by atoms with Crippen molar-refractivity contribution in [2.75, 3.05) is 0 Å². The van der Waals surface area contributed by atoms with Crippen LogP contribution in [0.1, 0.15) is 107 Å². The predicted molar refractivity (Wildman–Crippen MR) is 165 cm³/mol. The van der Waals surface area contributed by atoms with E-state index in [0.29, 0.717) is 45.3 Å². The molecule has 9 fully saturated rings. The van der Waals surface area contributed by atoms with E-state index < -0.39 is 8.07 Å². The third-order valence-electron chi connectivity index (χ3n) is 16.8. The highest BCUT2D eigenvalue weighted by Gasteiger charge is 2.83. The second-order valence-corrected chi connectivity index (χ2v) is 24.5. The van der Waals surface area contributed by atoms with Crippen molar-refractivity contribution >= 4 is 14.0 Å². The van der Waals surface area contributed by atoms with Gasteiger partial charge in [-0.2, -0.15) is 0 Å². The Morgan fingerprint density at radius 1 is 0.744 bits per heavy atom. The molecule has 0 N–H and O–H groups in total. The van der Waals surface area contributed by atoms with Crippen LogP contribution in [0.4, 0.5) is 0 Å². The van der Waals surface area contributed by atoms with Crippen molar-refractivity contribution < 1.29 is 9.53 Å². The molecular weight excluding hydrogens is 492 g/mol. The highest BCUT2D eigenvalue weighted by molar-refractivity contribution is 6.79. The van der Waals surface area contributed by atoms with Gasteiger partial charge in [0, 0.05) is 11.5 Å². The molecule has 0 radical (unpaired) electrons. The van der Waals surface area contributed by atoms with Crippen LogP contribution >= 0.6 is 0 Å². The summed E-state index contributed by atoms with van der Waals surface area (Å²) in [7, 11) is -2.01. The molecule has 9 aliphatic carbocycles. The fourth-order valence-corrected chi connectivity index (χ4v) is 17.4. The van der Waals surface area contributed by atoms with Gasteiger partial charge < -0.3 is 4.74 Å². The first-order valence-electron chi connectivity index (χ1n) is 16.5. The average Bonchev–Trinajstić information content (AvgIpc) is 2.83. The number of carbonyl (C=O) groups is 1. The van der Waals surface area contributed by atoms with Gasteiger partial charge in [0.05, 0.1) is 8.07 Å². The highest BCUT2D eigenvalue weighted by atomic mass is 28.3. The quantitative estimate of drug-likeness (QED) is 0.193. The summed E-state index contributed by atoms with van der Waals surface area (Å²) < 4.78 is 7.01. The maximum atomic E-state index is 13.4. The van der Waals surface area contributed by atoms with E-state index in [4.69, 9.17) is 4.74 Å². The van der Waals surface area contributed by atoms with Gasteiger partial charge in [0.25, 0.3) is 0 Å². The van der Waals surface area contributed by atoms with Crippen molar-refractivity contribution in [2.24, 2.45) is 73.9 Å². The summed E-state index contributed by atoms with van der Waals surface area (Å²) in [4.78, 5) is 13.4. The largest absolute Gasteiger partial charge is 0.459 e. The topological polar surface area (TPSA) is 26.3 Å². The minimum Gasteiger partial charge on any atom is -0.459 e. The predicted octanol–water partition coefficient (Wildman–Crippen LogP) is 9.56. The van der Waals surface area contributed by atoms with Gasteiger partial charge in [-0.25, -0.2) is 4.79 Å². The molecule has 220 valence electrons. The van der Waals surface area contributed by atoms with Crippen LogP contribution in [0.15, 0.2) is 12.7 Å². The molecule has 0 heterocycles. The molecule has 0 spiro atoms. The van der Waals surface area contributed by atoms with E-state index >= 15 is 0 Å². The summed E-state index contributed by atoms with van der Waals surface area (Å²) in [5.74, 6) is 4.99. The molecule has 6 bridgehead atoms. The Morgan fingerprint density at radius 3 is 1.74 bits per heavy atom. The Morgan fingerprint density at radius 2 is 1.26 bits per heavy atom. The van der Waals surface area contributed by atoms with Crippen molar-refractivity contribution in [2.45, 2.75) is 132 Å². The van der Waals surface area contributed by atoms with Gasteiger partial charge in [-0.05, 0) is 113 Å². The molecule has 3 heteroatoms. The monoisotopic (exact) mass is 552 g/mol. The summed E-state index contributed by atoms with van der Waals surface area (Å²) in [6, 6.07) is 0. The first-order chi connectivity index (χ1) is 17.7. The lowest BCUT2D eigenvalue weighted by atomic mass is 9.23. The number of carbonyl (C=O) groups excluding carboxylic acids is 1. The third-order valence-corrected chi connectivity index (χ3v) is 20.1. The van der Waals surface area contributed by atoms with Crippen LogP contribution in [0.5, 0.6) is 0 Å². The standard InChI is InChI=1S/C36H60O2Si/c1-14-29(37)38-36(39(11,12)13)21-24-20-27(32(24,6)7)35(36,10)34(9)26-18-23(31(26,4)5)19-28(34)33(8)16-15-22-17-25(33)30(22,2)3/h14,22-28H,1,15-21H2,2-13H3. The highest BCUT2D eigenvalue weighted by Crippen LogP contribution is 2.85. The van der Waals surface area contributed by atoms with Gasteiger partial charge in [-0.1, -0.05) is 88.5 Å². The molecule has 0 aromatic heterocycles. The zero-order valence-corrected chi connectivity index (χ0v) is 28.6. The molecule has 0 aromatic rings. The lowest BCUT2D eigenvalue weighted by Gasteiger charge is -2.84. The number of ether oxygens (including phenoxy) is 1. The first-order valence-corrected chi connectivity index (χ1v) is 20.0. The number of hydrogen-bond acceptors (Lipinski definition) is 2. The Labute approximate surface area is 241 Å². The second-order valence-electron chi connectivity index (χ2n) is 19.1. The molecule has 0 saturated heterocycles. The van der Waals surface area contributed by atoms with Crippen molar-refractivity contribution in [1.29, 1.82) is 0 Å². The van der Waals surface area contributed by atoms with Crippen LogP contribution in [-0.4, -0.2) is 19.3 Å². The lowest BCUT2D eigenvalue weighted by molar-refractivity contribution is -0.356. The smallest absolute Gasteiger partial charge is 0.330 e. The summed E-state index contributed by atoms with van der Waals surface area (Å²) in [6.45, 7) is 35.1. The molecule has 39 heavy (non-hydrogen) atoms. The molecule has 11 atom stereocenters. The van der Waals surface area contributed by atoms with Crippen molar-refractivity contribution in [3.05, 3.63) is 12.7 Å². The Balaban J connectivity index is 1.61. The van der Waals surface area contributed by atoms with Crippen molar-refractivity contribution in [1.82, 2.24) is 0 Å². The Bertz CT molecular complexity index is 1090. The second kappa shape index (κ2) is 7.68. The van der Waals surface area contributed by atoms with E-state index in [9.17, 15) is 4.79 Å². The minimum absolute atomic E-state index is 0.0624. The van der Waals surface area contributed by atoms with Crippen LogP contribution in [-0.2, 0) is 9.53 Å². The van der Waals surface area contributed by atoms with Gasteiger partial charge in [0.1, 0.15) is 5.22 Å². The van der Waals surface area contributed by atoms with E-state index in [0.717, 1.165) is 24.2 Å². The molecule has 0 aliphatic heterocycles. The fourth-order valence-electron chi connectivity index (χ4n) is 14.2. The molecule has 2 nitrogen and oxygen atoms in total. The van der Waals surface area contributed by atoms with E-state index in [-0.39, 0.29) is 22.0 Å². The number of rotatable bonds is 5. The normalized spacial score (nSPS) is 53.9. The summed E-state index contributed by atoms with van der Waals surface area (Å²) >= 11 is 0. The van der Waals surface area contributed by atoms with Crippen molar-refractivity contribution in [3.63, 3.8) is 0 Å². The molecule has 0 amide bonds. The lowest BCUT2D eigenvalue weighted by Crippen LogP contribution is -2.84. The number of fused-ring (bicyclic) bond motifs is 8. The summed E-state index contributed by atoms with van der Waals surface area (Å²) in [6.07, 6.45) is 10.8. The molecule has 0 aromatic carbocycles. The molecule has 9 aliphatic rings. The summed E-state index contributed by atoms with van der Waals surface area (Å²) in [5.41, 5.74) is 1.54. The molecule has 9 saturated carbocycles. The molecule has 9 rings (SSSR count). The molecular formula is C36H60O2Si. The SMILES string of the molecule is C=CC(=O)OC1([Si](C)(C)C)CC2CC(C2(C)C)C1(C)C1(C)C2CC(CC1C1(C)CCC3CC1C3(C)C)C2(C)C. The maximum absolute atomic E-state index is 13.4. The van der Waals surface area contributed by atoms with Crippen molar-refractivity contribution in [3.8, 4) is 0 Å². The Kier molecular flexibility index (Phi) is 5.62. The first kappa shape index (κ1) is 28.5. The van der Waals surface area contributed by atoms with Gasteiger partial charge in [0.2, 0.25) is 0 Å². The zero-order chi connectivity index (χ0) is 29.0.